The van der Waals surface area contributed by atoms with Crippen molar-refractivity contribution in [3.8, 4) is 11.1 Å². The largest absolute Gasteiger partial charge is 1.00 e. The maximum Gasteiger partial charge on any atom is 1.00 e. The maximum atomic E-state index is 8.33. The normalized spacial score (nSPS) is 7.75. The molecule has 0 saturated heterocycles. The van der Waals surface area contributed by atoms with Crippen molar-refractivity contribution in [1.29, 1.82) is 0 Å². The van der Waals surface area contributed by atoms with Crippen molar-refractivity contribution >= 4 is 6.16 Å². The first-order valence-corrected chi connectivity index (χ1v) is 4.02. The van der Waals surface area contributed by atoms with Crippen LogP contribution in [0.15, 0.2) is 48.5 Å². The van der Waals surface area contributed by atoms with Gasteiger partial charge in [-0.05, 0) is 17.3 Å². The number of hydrogen-bond donors (Lipinski definition) is 0. The molecule has 0 saturated carbocycles. The quantitative estimate of drug-likeness (QED) is 0.399. The summed E-state index contributed by atoms with van der Waals surface area (Å²) < 4.78 is 0. The summed E-state index contributed by atoms with van der Waals surface area (Å²) in [5, 5.41) is 16.7. The van der Waals surface area contributed by atoms with E-state index in [0.717, 1.165) is 0 Å². The van der Waals surface area contributed by atoms with Gasteiger partial charge in [-0.2, -0.15) is 0 Å². The fourth-order valence-electron chi connectivity index (χ4n) is 1.13. The second kappa shape index (κ2) is 12.1. The SMILES string of the molecule is O=C([O-])[O-].[Cs+].[Cs+].c1ccc2cccc-2cc1. The van der Waals surface area contributed by atoms with Gasteiger partial charge in [0.15, 0.2) is 0 Å². The van der Waals surface area contributed by atoms with Gasteiger partial charge in [0.2, 0.25) is 0 Å². The monoisotopic (exact) mass is 454 g/mol. The summed E-state index contributed by atoms with van der Waals surface area (Å²) in [6.07, 6.45) is -2.33. The second-order valence-electron chi connectivity index (χ2n) is 2.60. The number of carboxylic acid groups (broad SMARTS) is 2. The molecule has 0 N–H and O–H groups in total. The molecule has 0 unspecified atom stereocenters. The van der Waals surface area contributed by atoms with E-state index < -0.39 is 6.16 Å². The summed E-state index contributed by atoms with van der Waals surface area (Å²) in [7, 11) is 0. The minimum absolute atomic E-state index is 0. The van der Waals surface area contributed by atoms with Crippen LogP contribution in [0.4, 0.5) is 4.79 Å². The average Bonchev–Trinajstić information content (AvgIpc) is 2.42. The molecule has 16 heavy (non-hydrogen) atoms. The Kier molecular flexibility index (Phi) is 15.5. The molecule has 2 rings (SSSR count). The summed E-state index contributed by atoms with van der Waals surface area (Å²) in [5.41, 5.74) is 2.62. The van der Waals surface area contributed by atoms with E-state index in [9.17, 15) is 0 Å². The maximum absolute atomic E-state index is 8.33. The van der Waals surface area contributed by atoms with E-state index in [-0.39, 0.29) is 138 Å². The van der Waals surface area contributed by atoms with E-state index in [1.165, 1.54) is 11.1 Å². The van der Waals surface area contributed by atoms with E-state index in [1.807, 2.05) is 6.07 Å². The first kappa shape index (κ1) is 20.4. The zero-order valence-corrected chi connectivity index (χ0v) is 21.9. The molecule has 0 aliphatic heterocycles. The van der Waals surface area contributed by atoms with Crippen molar-refractivity contribution < 1.29 is 153 Å². The molecular weight excluding hydrogens is 446 g/mol. The Hall–Kier alpha value is 2.07. The van der Waals surface area contributed by atoms with E-state index in [4.69, 9.17) is 15.0 Å². The van der Waals surface area contributed by atoms with Gasteiger partial charge >= 0.3 is 138 Å². The van der Waals surface area contributed by atoms with Crippen molar-refractivity contribution in [2.45, 2.75) is 0 Å². The molecule has 72 valence electrons. The second-order valence-corrected chi connectivity index (χ2v) is 2.60. The minimum Gasteiger partial charge on any atom is -0.652 e. The number of hydrogen-bond acceptors (Lipinski definition) is 3. The van der Waals surface area contributed by atoms with Crippen LogP contribution in [0.2, 0.25) is 0 Å². The first-order valence-electron chi connectivity index (χ1n) is 4.02. The molecule has 0 radical (unpaired) electrons. The van der Waals surface area contributed by atoms with Gasteiger partial charge in [0.1, 0.15) is 0 Å². The Labute approximate surface area is 212 Å². The van der Waals surface area contributed by atoms with Gasteiger partial charge in [-0.3, -0.25) is 0 Å². The summed E-state index contributed by atoms with van der Waals surface area (Å²) in [6, 6.07) is 16.7. The van der Waals surface area contributed by atoms with Crippen molar-refractivity contribution in [2.24, 2.45) is 0 Å². The smallest absolute Gasteiger partial charge is 0.652 e. The molecule has 0 aromatic carbocycles. The van der Waals surface area contributed by atoms with Gasteiger partial charge < -0.3 is 15.0 Å². The molecule has 0 spiro atoms. The third-order valence-electron chi connectivity index (χ3n) is 1.66. The van der Waals surface area contributed by atoms with Gasteiger partial charge in [0, 0.05) is 0 Å². The van der Waals surface area contributed by atoms with Gasteiger partial charge in [0.05, 0.1) is 0 Å². The van der Waals surface area contributed by atoms with Crippen LogP contribution in [0.25, 0.3) is 11.1 Å². The van der Waals surface area contributed by atoms with Crippen LogP contribution >= 0.6 is 0 Å². The van der Waals surface area contributed by atoms with Crippen LogP contribution in [-0.2, 0) is 0 Å². The van der Waals surface area contributed by atoms with E-state index >= 15 is 0 Å². The van der Waals surface area contributed by atoms with Crippen LogP contribution in [0.3, 0.4) is 0 Å². The first-order chi connectivity index (χ1) is 6.70. The molecular formula is C11H8Cs2O3. The summed E-state index contributed by atoms with van der Waals surface area (Å²) in [6.45, 7) is 0. The van der Waals surface area contributed by atoms with Crippen LogP contribution < -0.4 is 148 Å². The fourth-order valence-corrected chi connectivity index (χ4v) is 1.13. The van der Waals surface area contributed by atoms with Crippen LogP contribution in [-0.4, -0.2) is 6.16 Å². The predicted octanol–water partition coefficient (Wildman–Crippen LogP) is -5.65. The molecule has 0 fully saturated rings. The fraction of sp³-hybridized carbons (Fsp3) is 0. The molecule has 0 amide bonds. The molecule has 5 heteroatoms. The van der Waals surface area contributed by atoms with Crippen molar-refractivity contribution in [3.05, 3.63) is 48.5 Å². The van der Waals surface area contributed by atoms with Gasteiger partial charge in [-0.1, -0.05) is 48.5 Å². The van der Waals surface area contributed by atoms with Crippen LogP contribution in [0, 0.1) is 0 Å². The third kappa shape index (κ3) is 9.06. The van der Waals surface area contributed by atoms with Crippen molar-refractivity contribution in [1.82, 2.24) is 0 Å². The molecule has 0 aromatic rings. The Morgan fingerprint density at radius 2 is 1.06 bits per heavy atom. The zero-order chi connectivity index (χ0) is 10.4. The number of carbonyl (C=O) groups is 1. The van der Waals surface area contributed by atoms with Gasteiger partial charge in [-0.25, -0.2) is 0 Å². The topological polar surface area (TPSA) is 63.2 Å². The van der Waals surface area contributed by atoms with Crippen LogP contribution in [0.5, 0.6) is 0 Å². The average molecular weight is 454 g/mol. The molecule has 3 nitrogen and oxygen atoms in total. The summed E-state index contributed by atoms with van der Waals surface area (Å²) in [4.78, 5) is 8.33. The number of carbonyl (C=O) groups excluding carboxylic acids is 1. The van der Waals surface area contributed by atoms with E-state index in [1.54, 1.807) is 0 Å². The van der Waals surface area contributed by atoms with Crippen molar-refractivity contribution in [2.75, 3.05) is 0 Å². The predicted molar refractivity (Wildman–Crippen MR) is 48.5 cm³/mol. The number of fused-ring (bicyclic) bond motifs is 1. The zero-order valence-electron chi connectivity index (χ0n) is 9.34. The molecule has 0 aromatic heterocycles. The van der Waals surface area contributed by atoms with Crippen LogP contribution in [0.1, 0.15) is 0 Å². The van der Waals surface area contributed by atoms with E-state index in [2.05, 4.69) is 42.5 Å². The Bertz CT molecular complexity index is 361. The third-order valence-corrected chi connectivity index (χ3v) is 1.66. The van der Waals surface area contributed by atoms with Crippen molar-refractivity contribution in [3.63, 3.8) is 0 Å². The Morgan fingerprint density at radius 3 is 1.44 bits per heavy atom. The van der Waals surface area contributed by atoms with Gasteiger partial charge in [-0.15, -0.1) is 0 Å². The number of rotatable bonds is 0. The Balaban J connectivity index is 0. The Morgan fingerprint density at radius 1 is 0.750 bits per heavy atom. The van der Waals surface area contributed by atoms with Gasteiger partial charge in [0.25, 0.3) is 0 Å². The summed E-state index contributed by atoms with van der Waals surface area (Å²) in [5.74, 6) is 0. The summed E-state index contributed by atoms with van der Waals surface area (Å²) >= 11 is 0. The minimum atomic E-state index is -2.33. The molecule has 2 aliphatic carbocycles. The molecule has 0 heterocycles. The molecule has 0 atom stereocenters. The molecule has 2 aliphatic rings. The van der Waals surface area contributed by atoms with E-state index in [0.29, 0.717) is 0 Å². The standard InChI is InChI=1S/C10H8.CH2O3.2Cs/c1-2-5-9-7-4-8-10(9)6-3-1;2-1(3)4;;/h1-8H;(H2,2,3,4);;/q;;2*+1/p-2. The molecule has 0 bridgehead atoms.